The number of halogens is 2. The molecule has 0 bridgehead atoms. The van der Waals surface area contributed by atoms with E-state index in [2.05, 4.69) is 48.4 Å². The predicted molar refractivity (Wildman–Crippen MR) is 118 cm³/mol. The Morgan fingerprint density at radius 3 is 2.78 bits per heavy atom. The molecule has 0 radical (unpaired) electrons. The Balaban J connectivity index is 0.000000155. The average molecular weight is 460 g/mol. The molecule has 3 aromatic rings. The van der Waals surface area contributed by atoms with Crippen molar-refractivity contribution in [1.29, 1.82) is 0 Å². The number of nitrogens with zero attached hydrogens (tertiary/aromatic N) is 2. The maximum absolute atomic E-state index is 12.8. The number of carbonyl (C=O) groups is 1. The number of hydrogen-bond donors (Lipinski definition) is 3. The van der Waals surface area contributed by atoms with E-state index in [1.807, 2.05) is 25.3 Å². The summed E-state index contributed by atoms with van der Waals surface area (Å²) < 4.78 is 39.5. The molecule has 1 aromatic heterocycles. The van der Waals surface area contributed by atoms with Gasteiger partial charge in [-0.25, -0.2) is 4.98 Å². The fourth-order valence-electron chi connectivity index (χ4n) is 3.07. The van der Waals surface area contributed by atoms with Gasteiger partial charge in [-0.05, 0) is 41.7 Å². The number of anilines is 1. The van der Waals surface area contributed by atoms with Crippen molar-refractivity contribution in [3.05, 3.63) is 52.6 Å². The first-order valence-electron chi connectivity index (χ1n) is 9.47. The number of thiol groups is 1. The maximum Gasteiger partial charge on any atom is 0.586 e. The minimum Gasteiger partial charge on any atom is -0.493 e. The molecule has 0 saturated carbocycles. The summed E-state index contributed by atoms with van der Waals surface area (Å²) in [5.41, 5.74) is 4.11. The molecule has 2 aliphatic rings. The van der Waals surface area contributed by atoms with Gasteiger partial charge in [-0.3, -0.25) is 15.1 Å². The van der Waals surface area contributed by atoms with Crippen molar-refractivity contribution in [1.82, 2.24) is 9.97 Å². The predicted octanol–water partition coefficient (Wildman–Crippen LogP) is 4.28. The van der Waals surface area contributed by atoms with Crippen molar-refractivity contribution < 1.29 is 27.8 Å². The van der Waals surface area contributed by atoms with Crippen LogP contribution in [0.4, 0.5) is 14.7 Å². The summed E-state index contributed by atoms with van der Waals surface area (Å²) in [7, 11) is 0. The summed E-state index contributed by atoms with van der Waals surface area (Å²) >= 11 is 4.03. The minimum absolute atomic E-state index is 0.0798. The topological polar surface area (TPSA) is 97.8 Å². The van der Waals surface area contributed by atoms with Crippen LogP contribution in [0.5, 0.6) is 17.2 Å². The molecular weight excluding hydrogens is 442 g/mol. The third-order valence-electron chi connectivity index (χ3n) is 4.52. The van der Waals surface area contributed by atoms with Crippen molar-refractivity contribution in [2.45, 2.75) is 19.6 Å². The van der Waals surface area contributed by atoms with Gasteiger partial charge in [0.05, 0.1) is 17.6 Å². The molecule has 2 aliphatic heterocycles. The molecule has 0 aliphatic carbocycles. The third-order valence-corrected chi connectivity index (χ3v) is 4.89. The quantitative estimate of drug-likeness (QED) is 0.307. The number of aromatic nitrogens is 2. The highest BCUT2D eigenvalue weighted by atomic mass is 32.1. The second-order valence-electron chi connectivity index (χ2n) is 6.83. The SMILES string of the molecule is C/C(=C/S)N=Cc1ccc2c(c1)CCO2.O=CNc1nc2cc3c(cc2[nH]1)OC(F)(F)O3. The Kier molecular flexibility index (Phi) is 5.99. The second kappa shape index (κ2) is 8.87. The van der Waals surface area contributed by atoms with Crippen LogP contribution in [0.15, 0.2) is 46.4 Å². The Bertz CT molecular complexity index is 1180. The molecule has 0 unspecified atom stereocenters. The van der Waals surface area contributed by atoms with Crippen LogP contribution in [-0.2, 0) is 11.2 Å². The van der Waals surface area contributed by atoms with Gasteiger partial charge in [0.25, 0.3) is 0 Å². The van der Waals surface area contributed by atoms with Crippen molar-refractivity contribution in [3.63, 3.8) is 0 Å². The lowest BCUT2D eigenvalue weighted by atomic mass is 10.1. The van der Waals surface area contributed by atoms with Gasteiger partial charge >= 0.3 is 6.29 Å². The molecule has 11 heteroatoms. The number of hydrogen-bond acceptors (Lipinski definition) is 7. The third kappa shape index (κ3) is 4.83. The van der Waals surface area contributed by atoms with Crippen LogP contribution < -0.4 is 19.5 Å². The zero-order chi connectivity index (χ0) is 22.7. The molecule has 166 valence electrons. The van der Waals surface area contributed by atoms with Crippen molar-refractivity contribution in [3.8, 4) is 17.2 Å². The number of aliphatic imine (C=N–C) groups is 1. The summed E-state index contributed by atoms with van der Waals surface area (Å²) in [5, 5.41) is 4.00. The molecule has 0 fully saturated rings. The van der Waals surface area contributed by atoms with Crippen LogP contribution in [0.2, 0.25) is 0 Å². The van der Waals surface area contributed by atoms with Gasteiger partial charge in [0, 0.05) is 30.5 Å². The van der Waals surface area contributed by atoms with Crippen molar-refractivity contribution in [2.24, 2.45) is 4.99 Å². The van der Waals surface area contributed by atoms with Gasteiger partial charge in [-0.15, -0.1) is 21.4 Å². The number of H-pyrrole nitrogens is 1. The van der Waals surface area contributed by atoms with Gasteiger partial charge in [0.15, 0.2) is 11.5 Å². The number of nitrogens with one attached hydrogen (secondary N) is 2. The molecule has 5 rings (SSSR count). The molecule has 32 heavy (non-hydrogen) atoms. The van der Waals surface area contributed by atoms with Gasteiger partial charge in [0.1, 0.15) is 5.75 Å². The van der Waals surface area contributed by atoms with Crippen LogP contribution in [0.25, 0.3) is 11.0 Å². The smallest absolute Gasteiger partial charge is 0.493 e. The number of allylic oxidation sites excluding steroid dienone is 1. The number of aromatic amines is 1. The average Bonchev–Trinajstić information content (AvgIpc) is 3.45. The standard InChI is InChI=1S/C12H13NOS.C9H5F2N3O3/c1-9(8-15)13-7-10-2-3-12-11(6-10)4-5-14-12;10-9(11)16-6-1-4-5(2-7(6)17-9)14-8(13-4)12-3-15/h2-3,6-8,15H,4-5H2,1H3;1-3H,(H2,12,13,14,15)/b9-8-,13-7?;. The molecule has 2 aromatic carbocycles. The number of fused-ring (bicyclic) bond motifs is 3. The van der Waals surface area contributed by atoms with Crippen LogP contribution >= 0.6 is 12.6 Å². The van der Waals surface area contributed by atoms with E-state index in [1.165, 1.54) is 17.7 Å². The van der Waals surface area contributed by atoms with E-state index < -0.39 is 6.29 Å². The summed E-state index contributed by atoms with van der Waals surface area (Å²) in [6.45, 7) is 2.71. The van der Waals surface area contributed by atoms with Gasteiger partial charge < -0.3 is 19.2 Å². The molecule has 3 heterocycles. The number of carbonyl (C=O) groups excluding carboxylic acids is 1. The summed E-state index contributed by atoms with van der Waals surface area (Å²) in [4.78, 5) is 21.1. The number of benzene rings is 2. The Labute approximate surface area is 186 Å². The van der Waals surface area contributed by atoms with Gasteiger partial charge in [-0.1, -0.05) is 0 Å². The lowest BCUT2D eigenvalue weighted by Crippen LogP contribution is -2.25. The number of imidazole rings is 1. The van der Waals surface area contributed by atoms with Crippen LogP contribution in [0.3, 0.4) is 0 Å². The highest BCUT2D eigenvalue weighted by Crippen LogP contribution is 2.42. The number of alkyl halides is 2. The number of amides is 1. The van der Waals surface area contributed by atoms with E-state index in [9.17, 15) is 13.6 Å². The fourth-order valence-corrected chi connectivity index (χ4v) is 3.14. The Morgan fingerprint density at radius 1 is 1.25 bits per heavy atom. The second-order valence-corrected chi connectivity index (χ2v) is 7.08. The molecular formula is C21H18F2N4O4S. The summed E-state index contributed by atoms with van der Waals surface area (Å²) in [5.74, 6) is 1.05. The van der Waals surface area contributed by atoms with Crippen molar-refractivity contribution in [2.75, 3.05) is 11.9 Å². The highest BCUT2D eigenvalue weighted by Gasteiger charge is 2.43. The van der Waals surface area contributed by atoms with Crippen LogP contribution in [0.1, 0.15) is 18.1 Å². The molecule has 0 saturated heterocycles. The highest BCUT2D eigenvalue weighted by molar-refractivity contribution is 7.83. The minimum atomic E-state index is -3.65. The van der Waals surface area contributed by atoms with Crippen molar-refractivity contribution >= 4 is 42.2 Å². The van der Waals surface area contributed by atoms with Crippen LogP contribution in [0, 0.1) is 0 Å². The van der Waals surface area contributed by atoms with E-state index >= 15 is 0 Å². The number of rotatable bonds is 4. The monoisotopic (exact) mass is 460 g/mol. The van der Waals surface area contributed by atoms with Crippen LogP contribution in [-0.4, -0.2) is 35.5 Å². The zero-order valence-corrected chi connectivity index (χ0v) is 17.7. The summed E-state index contributed by atoms with van der Waals surface area (Å²) in [6.07, 6.45) is -0.351. The first kappa shape index (κ1) is 21.6. The molecule has 2 N–H and O–H groups in total. The molecule has 0 spiro atoms. The molecule has 1 amide bonds. The zero-order valence-electron chi connectivity index (χ0n) is 16.8. The molecule has 8 nitrogen and oxygen atoms in total. The van der Waals surface area contributed by atoms with E-state index in [-0.39, 0.29) is 17.4 Å². The Hall–Kier alpha value is -3.60. The largest absolute Gasteiger partial charge is 0.586 e. The Morgan fingerprint density at radius 2 is 2.03 bits per heavy atom. The fraction of sp³-hybridized carbons (Fsp3) is 0.190. The lowest BCUT2D eigenvalue weighted by Gasteiger charge is -2.04. The van der Waals surface area contributed by atoms with Gasteiger partial charge in [0.2, 0.25) is 12.4 Å². The van der Waals surface area contributed by atoms with E-state index in [1.54, 1.807) is 5.41 Å². The first-order valence-corrected chi connectivity index (χ1v) is 9.99. The van der Waals surface area contributed by atoms with Gasteiger partial charge in [-0.2, -0.15) is 0 Å². The first-order chi connectivity index (χ1) is 15.4. The maximum atomic E-state index is 12.8. The van der Waals surface area contributed by atoms with E-state index in [4.69, 9.17) is 4.74 Å². The normalized spacial score (nSPS) is 15.8. The molecule has 0 atom stereocenters. The van der Waals surface area contributed by atoms with E-state index in [0.29, 0.717) is 17.4 Å². The summed E-state index contributed by atoms with van der Waals surface area (Å²) in [6, 6.07) is 8.77. The lowest BCUT2D eigenvalue weighted by molar-refractivity contribution is -0.286. The van der Waals surface area contributed by atoms with E-state index in [0.717, 1.165) is 30.0 Å². The number of ether oxygens (including phenoxy) is 3.